The van der Waals surface area contributed by atoms with Crippen LogP contribution in [0, 0.1) is 13.8 Å². The number of nitrogens with one attached hydrogen (secondary N) is 1. The maximum absolute atomic E-state index is 12.9. The van der Waals surface area contributed by atoms with E-state index in [0.717, 1.165) is 11.1 Å². The van der Waals surface area contributed by atoms with Crippen LogP contribution in [0.25, 0.3) is 0 Å². The van der Waals surface area contributed by atoms with E-state index in [9.17, 15) is 13.5 Å². The number of thiophene rings is 2. The van der Waals surface area contributed by atoms with E-state index >= 15 is 0 Å². The molecular weight excluding hydrogens is 402 g/mol. The molecule has 2 N–H and O–H groups in total. The highest BCUT2D eigenvalue weighted by atomic mass is 32.2. The number of rotatable bonds is 7. The van der Waals surface area contributed by atoms with Crippen LogP contribution in [0.3, 0.4) is 0 Å². The van der Waals surface area contributed by atoms with Gasteiger partial charge in [-0.2, -0.15) is 11.3 Å². The van der Waals surface area contributed by atoms with Crippen molar-refractivity contribution in [3.8, 4) is 5.75 Å². The Balaban J connectivity index is 1.92. The Labute approximate surface area is 167 Å². The van der Waals surface area contributed by atoms with E-state index < -0.39 is 15.6 Å². The monoisotopic (exact) mass is 423 g/mol. The molecule has 3 aromatic rings. The van der Waals surface area contributed by atoms with E-state index in [0.29, 0.717) is 16.2 Å². The molecule has 0 saturated heterocycles. The maximum atomic E-state index is 12.9. The van der Waals surface area contributed by atoms with E-state index in [1.165, 1.54) is 22.7 Å². The van der Waals surface area contributed by atoms with Gasteiger partial charge in [0.15, 0.2) is 0 Å². The van der Waals surface area contributed by atoms with Crippen LogP contribution in [-0.2, 0) is 15.6 Å². The molecule has 0 radical (unpaired) electrons. The molecule has 0 saturated carbocycles. The summed E-state index contributed by atoms with van der Waals surface area (Å²) in [7, 11) is -2.24. The van der Waals surface area contributed by atoms with Crippen molar-refractivity contribution in [3.63, 3.8) is 0 Å². The molecule has 144 valence electrons. The largest absolute Gasteiger partial charge is 0.496 e. The Bertz CT molecular complexity index is 952. The molecule has 1 unspecified atom stereocenters. The maximum Gasteiger partial charge on any atom is 0.240 e. The molecule has 0 aliphatic rings. The zero-order valence-corrected chi connectivity index (χ0v) is 17.7. The van der Waals surface area contributed by atoms with Gasteiger partial charge in [-0.1, -0.05) is 6.07 Å². The summed E-state index contributed by atoms with van der Waals surface area (Å²) >= 11 is 2.84. The number of hydrogen-bond donors (Lipinski definition) is 2. The zero-order chi connectivity index (χ0) is 19.7. The third-order valence-electron chi connectivity index (χ3n) is 4.39. The van der Waals surface area contributed by atoms with Gasteiger partial charge >= 0.3 is 0 Å². The number of sulfonamides is 1. The molecule has 2 aromatic heterocycles. The summed E-state index contributed by atoms with van der Waals surface area (Å²) in [5.41, 5.74) is 0.728. The summed E-state index contributed by atoms with van der Waals surface area (Å²) in [6, 6.07) is 8.59. The molecule has 0 bridgehead atoms. The first-order chi connectivity index (χ1) is 12.8. The highest BCUT2D eigenvalue weighted by Gasteiger charge is 2.35. The molecule has 0 amide bonds. The molecule has 0 spiro atoms. The van der Waals surface area contributed by atoms with Crippen molar-refractivity contribution in [1.82, 2.24) is 4.72 Å². The van der Waals surface area contributed by atoms with Gasteiger partial charge in [-0.15, -0.1) is 11.3 Å². The van der Waals surface area contributed by atoms with Crippen LogP contribution in [0.1, 0.15) is 21.6 Å². The number of aryl methyl sites for hydroxylation is 2. The Kier molecular flexibility index (Phi) is 5.73. The lowest BCUT2D eigenvalue weighted by atomic mass is 9.95. The lowest BCUT2D eigenvalue weighted by Crippen LogP contribution is -2.40. The second-order valence-corrected chi connectivity index (χ2v) is 9.76. The highest BCUT2D eigenvalue weighted by molar-refractivity contribution is 7.89. The standard InChI is InChI=1S/C19H21NO4S3/c1-13-9-16(10-14(2)18(13)24-3)27(22,23)20-12-19(21,15-6-8-25-11-15)17-5-4-7-26-17/h4-11,20-21H,12H2,1-3H3. The number of hydrogen-bond acceptors (Lipinski definition) is 6. The molecule has 0 aliphatic heterocycles. The first-order valence-electron chi connectivity index (χ1n) is 8.22. The summed E-state index contributed by atoms with van der Waals surface area (Å²) in [4.78, 5) is 0.836. The minimum Gasteiger partial charge on any atom is -0.496 e. The van der Waals surface area contributed by atoms with Gasteiger partial charge in [-0.3, -0.25) is 0 Å². The van der Waals surface area contributed by atoms with Gasteiger partial charge in [0, 0.05) is 17.0 Å². The van der Waals surface area contributed by atoms with Crippen molar-refractivity contribution in [2.75, 3.05) is 13.7 Å². The predicted octanol–water partition coefficient (Wildman–Crippen LogP) is 3.65. The predicted molar refractivity (Wildman–Crippen MR) is 109 cm³/mol. The smallest absolute Gasteiger partial charge is 0.240 e. The van der Waals surface area contributed by atoms with Crippen LogP contribution >= 0.6 is 22.7 Å². The first-order valence-corrected chi connectivity index (χ1v) is 11.5. The molecule has 8 heteroatoms. The molecule has 1 atom stereocenters. The van der Waals surface area contributed by atoms with Crippen molar-refractivity contribution in [2.24, 2.45) is 0 Å². The summed E-state index contributed by atoms with van der Waals surface area (Å²) in [6.45, 7) is 3.45. The average Bonchev–Trinajstić information content (AvgIpc) is 3.33. The van der Waals surface area contributed by atoms with Gasteiger partial charge in [0.1, 0.15) is 11.4 Å². The lowest BCUT2D eigenvalue weighted by molar-refractivity contribution is 0.0903. The van der Waals surface area contributed by atoms with Gasteiger partial charge in [0.25, 0.3) is 0 Å². The zero-order valence-electron chi connectivity index (χ0n) is 15.2. The normalized spacial score (nSPS) is 14.1. The first kappa shape index (κ1) is 20.0. The van der Waals surface area contributed by atoms with Gasteiger partial charge in [0.05, 0.1) is 12.0 Å². The molecule has 3 rings (SSSR count). The highest BCUT2D eigenvalue weighted by Crippen LogP contribution is 2.34. The van der Waals surface area contributed by atoms with E-state index in [4.69, 9.17) is 4.74 Å². The van der Waals surface area contributed by atoms with Crippen molar-refractivity contribution in [3.05, 3.63) is 68.0 Å². The Morgan fingerprint density at radius 3 is 2.41 bits per heavy atom. The van der Waals surface area contributed by atoms with Gasteiger partial charge < -0.3 is 9.84 Å². The van der Waals surface area contributed by atoms with Crippen LogP contribution in [0.2, 0.25) is 0 Å². The third kappa shape index (κ3) is 3.95. The fraction of sp³-hybridized carbons (Fsp3) is 0.263. The Morgan fingerprint density at radius 1 is 1.19 bits per heavy atom. The van der Waals surface area contributed by atoms with Gasteiger partial charge in [0.2, 0.25) is 10.0 Å². The molecule has 2 heterocycles. The second-order valence-electron chi connectivity index (χ2n) is 6.26. The van der Waals surface area contributed by atoms with Crippen LogP contribution in [0.5, 0.6) is 5.75 Å². The quantitative estimate of drug-likeness (QED) is 0.608. The molecule has 0 fully saturated rings. The summed E-state index contributed by atoms with van der Waals surface area (Å²) < 4.78 is 33.6. The summed E-state index contributed by atoms with van der Waals surface area (Å²) in [5, 5.41) is 16.9. The van der Waals surface area contributed by atoms with E-state index in [1.54, 1.807) is 45.2 Å². The van der Waals surface area contributed by atoms with Gasteiger partial charge in [-0.05, 0) is 65.4 Å². The number of aliphatic hydroxyl groups is 1. The summed E-state index contributed by atoms with van der Waals surface area (Å²) in [6.07, 6.45) is 0. The molecule has 27 heavy (non-hydrogen) atoms. The molecule has 1 aromatic carbocycles. The third-order valence-corrected chi connectivity index (χ3v) is 7.48. The lowest BCUT2D eigenvalue weighted by Gasteiger charge is -2.27. The van der Waals surface area contributed by atoms with E-state index in [-0.39, 0.29) is 11.4 Å². The van der Waals surface area contributed by atoms with Crippen molar-refractivity contribution in [1.29, 1.82) is 0 Å². The van der Waals surface area contributed by atoms with E-state index in [1.807, 2.05) is 22.2 Å². The second kappa shape index (κ2) is 7.73. The van der Waals surface area contributed by atoms with Crippen molar-refractivity contribution < 1.29 is 18.3 Å². The average molecular weight is 424 g/mol. The van der Waals surface area contributed by atoms with Crippen molar-refractivity contribution >= 4 is 32.7 Å². The fourth-order valence-corrected chi connectivity index (χ4v) is 5.81. The minimum absolute atomic E-state index is 0.150. The Morgan fingerprint density at radius 2 is 1.89 bits per heavy atom. The van der Waals surface area contributed by atoms with Crippen LogP contribution in [0.4, 0.5) is 0 Å². The Hall–Kier alpha value is -1.71. The van der Waals surface area contributed by atoms with Crippen LogP contribution < -0.4 is 9.46 Å². The van der Waals surface area contributed by atoms with Crippen LogP contribution in [0.15, 0.2) is 51.4 Å². The topological polar surface area (TPSA) is 75.6 Å². The SMILES string of the molecule is COc1c(C)cc(S(=O)(=O)NCC(O)(c2ccsc2)c2cccs2)cc1C. The summed E-state index contributed by atoms with van der Waals surface area (Å²) in [5.74, 6) is 0.669. The number of methoxy groups -OCH3 is 1. The molecular formula is C19H21NO4S3. The van der Waals surface area contributed by atoms with Crippen LogP contribution in [-0.4, -0.2) is 27.2 Å². The fourth-order valence-electron chi connectivity index (χ4n) is 3.02. The minimum atomic E-state index is -3.80. The molecule has 0 aliphatic carbocycles. The van der Waals surface area contributed by atoms with Crippen molar-refractivity contribution in [2.45, 2.75) is 24.3 Å². The number of benzene rings is 1. The van der Waals surface area contributed by atoms with E-state index in [2.05, 4.69) is 4.72 Å². The van der Waals surface area contributed by atoms with Gasteiger partial charge in [-0.25, -0.2) is 13.1 Å². The molecule has 5 nitrogen and oxygen atoms in total. The number of ether oxygens (including phenoxy) is 1.